The van der Waals surface area contributed by atoms with Gasteiger partial charge in [-0.25, -0.2) is 9.97 Å². The molecule has 2 heterocycles. The van der Waals surface area contributed by atoms with Gasteiger partial charge in [-0.2, -0.15) is 0 Å². The molecule has 0 aliphatic rings. The minimum absolute atomic E-state index is 0.0711. The molecule has 2 aromatic heterocycles. The van der Waals surface area contributed by atoms with E-state index in [4.69, 9.17) is 4.74 Å². The summed E-state index contributed by atoms with van der Waals surface area (Å²) in [5, 5.41) is 6.22. The highest BCUT2D eigenvalue weighted by Gasteiger charge is 2.11. The van der Waals surface area contributed by atoms with Gasteiger partial charge in [-0.05, 0) is 36.8 Å². The van der Waals surface area contributed by atoms with Gasteiger partial charge in [0.15, 0.2) is 0 Å². The molecule has 2 N–H and O–H groups in total. The lowest BCUT2D eigenvalue weighted by Crippen LogP contribution is -2.14. The molecule has 0 fully saturated rings. The van der Waals surface area contributed by atoms with Crippen molar-refractivity contribution in [2.75, 3.05) is 17.7 Å². The van der Waals surface area contributed by atoms with E-state index in [1.165, 1.54) is 18.6 Å². The van der Waals surface area contributed by atoms with Gasteiger partial charge in [-0.15, -0.1) is 0 Å². The first-order valence-corrected chi connectivity index (χ1v) is 10.0. The van der Waals surface area contributed by atoms with Crippen molar-refractivity contribution in [3.63, 3.8) is 0 Å². The standard InChI is InChI=1S/C24H22N6O2/c1-16(17-5-3-7-19(11-17)29-24(31)22-14-25-9-10-27-22)28-23-15-26-13-21(30-23)18-6-4-8-20(12-18)32-2/h3-16H,1-2H3,(H,28,30)(H,29,31). The molecule has 2 aromatic carbocycles. The van der Waals surface area contributed by atoms with Crippen LogP contribution in [-0.2, 0) is 0 Å². The molecule has 160 valence electrons. The van der Waals surface area contributed by atoms with E-state index in [0.717, 1.165) is 22.6 Å². The largest absolute Gasteiger partial charge is 0.497 e. The second kappa shape index (κ2) is 9.65. The highest BCUT2D eigenvalue weighted by atomic mass is 16.5. The summed E-state index contributed by atoms with van der Waals surface area (Å²) in [6.07, 6.45) is 7.83. The fourth-order valence-corrected chi connectivity index (χ4v) is 3.16. The number of hydrogen-bond acceptors (Lipinski definition) is 7. The Morgan fingerprint density at radius 1 is 1.00 bits per heavy atom. The van der Waals surface area contributed by atoms with Crippen LogP contribution in [0.3, 0.4) is 0 Å². The number of rotatable bonds is 7. The zero-order valence-electron chi connectivity index (χ0n) is 17.7. The van der Waals surface area contributed by atoms with Crippen LogP contribution in [0.15, 0.2) is 79.5 Å². The third kappa shape index (κ3) is 5.04. The Balaban J connectivity index is 1.48. The smallest absolute Gasteiger partial charge is 0.275 e. The van der Waals surface area contributed by atoms with Crippen molar-refractivity contribution in [3.8, 4) is 17.0 Å². The summed E-state index contributed by atoms with van der Waals surface area (Å²) >= 11 is 0. The lowest BCUT2D eigenvalue weighted by molar-refractivity contribution is 0.102. The van der Waals surface area contributed by atoms with E-state index in [1.54, 1.807) is 19.5 Å². The Morgan fingerprint density at radius 2 is 1.88 bits per heavy atom. The third-order valence-electron chi connectivity index (χ3n) is 4.80. The first-order valence-electron chi connectivity index (χ1n) is 10.0. The summed E-state index contributed by atoms with van der Waals surface area (Å²) in [6.45, 7) is 2.02. The Bertz CT molecular complexity index is 1220. The summed E-state index contributed by atoms with van der Waals surface area (Å²) < 4.78 is 5.29. The number of benzene rings is 2. The molecule has 4 rings (SSSR count). The van der Waals surface area contributed by atoms with Gasteiger partial charge >= 0.3 is 0 Å². The van der Waals surface area contributed by atoms with Crippen LogP contribution in [0.25, 0.3) is 11.3 Å². The van der Waals surface area contributed by atoms with Crippen LogP contribution in [0.1, 0.15) is 29.0 Å². The van der Waals surface area contributed by atoms with E-state index in [0.29, 0.717) is 11.5 Å². The molecule has 0 saturated carbocycles. The van der Waals surface area contributed by atoms with Gasteiger partial charge in [0, 0.05) is 23.6 Å². The normalized spacial score (nSPS) is 11.4. The fraction of sp³-hybridized carbons (Fsp3) is 0.125. The minimum atomic E-state index is -0.312. The van der Waals surface area contributed by atoms with Gasteiger partial charge in [-0.3, -0.25) is 14.8 Å². The van der Waals surface area contributed by atoms with Gasteiger partial charge in [0.05, 0.1) is 37.4 Å². The quantitative estimate of drug-likeness (QED) is 0.452. The maximum Gasteiger partial charge on any atom is 0.275 e. The Labute approximate surface area is 185 Å². The average Bonchev–Trinajstić information content (AvgIpc) is 2.85. The van der Waals surface area contributed by atoms with Crippen LogP contribution in [0.4, 0.5) is 11.5 Å². The molecular weight excluding hydrogens is 404 g/mol. The van der Waals surface area contributed by atoms with Crippen LogP contribution >= 0.6 is 0 Å². The zero-order chi connectivity index (χ0) is 22.3. The van der Waals surface area contributed by atoms with Crippen LogP contribution in [0, 0.1) is 0 Å². The Morgan fingerprint density at radius 3 is 2.69 bits per heavy atom. The lowest BCUT2D eigenvalue weighted by Gasteiger charge is -2.16. The molecule has 0 spiro atoms. The van der Waals surface area contributed by atoms with Gasteiger partial charge in [-0.1, -0.05) is 24.3 Å². The van der Waals surface area contributed by atoms with Crippen LogP contribution in [0.5, 0.6) is 5.75 Å². The number of nitrogens with one attached hydrogen (secondary N) is 2. The van der Waals surface area contributed by atoms with E-state index < -0.39 is 0 Å². The maximum atomic E-state index is 12.3. The number of carbonyl (C=O) groups excluding carboxylic acids is 1. The Hall–Kier alpha value is -4.33. The molecule has 8 nitrogen and oxygen atoms in total. The van der Waals surface area contributed by atoms with Crippen LogP contribution in [0.2, 0.25) is 0 Å². The highest BCUT2D eigenvalue weighted by Crippen LogP contribution is 2.25. The topological polar surface area (TPSA) is 102 Å². The lowest BCUT2D eigenvalue weighted by atomic mass is 10.1. The summed E-state index contributed by atoms with van der Waals surface area (Å²) in [4.78, 5) is 29.3. The first kappa shape index (κ1) is 20.9. The molecule has 1 atom stereocenters. The molecule has 1 unspecified atom stereocenters. The maximum absolute atomic E-state index is 12.3. The van der Waals surface area contributed by atoms with Gasteiger partial charge in [0.2, 0.25) is 0 Å². The molecule has 0 saturated heterocycles. The predicted octanol–water partition coefficient (Wildman–Crippen LogP) is 4.37. The minimum Gasteiger partial charge on any atom is -0.497 e. The molecule has 0 bridgehead atoms. The monoisotopic (exact) mass is 426 g/mol. The molecule has 0 aliphatic carbocycles. The fourth-order valence-electron chi connectivity index (χ4n) is 3.16. The van der Waals surface area contributed by atoms with Crippen molar-refractivity contribution in [1.82, 2.24) is 19.9 Å². The molecule has 8 heteroatoms. The first-order chi connectivity index (χ1) is 15.6. The SMILES string of the molecule is COc1cccc(-c2cncc(NC(C)c3cccc(NC(=O)c4cnccn4)c3)n2)c1. The Kier molecular flexibility index (Phi) is 6.31. The van der Waals surface area contributed by atoms with Gasteiger partial charge in [0.1, 0.15) is 17.3 Å². The molecular formula is C24H22N6O2. The molecule has 0 aliphatic heterocycles. The van der Waals surface area contributed by atoms with E-state index in [1.807, 2.05) is 55.5 Å². The van der Waals surface area contributed by atoms with E-state index in [2.05, 4.69) is 30.6 Å². The average molecular weight is 426 g/mol. The number of hydrogen-bond donors (Lipinski definition) is 2. The van der Waals surface area contributed by atoms with Crippen molar-refractivity contribution in [2.45, 2.75) is 13.0 Å². The number of methoxy groups -OCH3 is 1. The molecule has 32 heavy (non-hydrogen) atoms. The zero-order valence-corrected chi connectivity index (χ0v) is 17.7. The van der Waals surface area contributed by atoms with E-state index in [-0.39, 0.29) is 17.6 Å². The van der Waals surface area contributed by atoms with Crippen molar-refractivity contribution in [3.05, 3.63) is 90.8 Å². The molecule has 1 amide bonds. The number of ether oxygens (including phenoxy) is 1. The van der Waals surface area contributed by atoms with Crippen molar-refractivity contribution >= 4 is 17.4 Å². The van der Waals surface area contributed by atoms with Gasteiger partial charge < -0.3 is 15.4 Å². The summed E-state index contributed by atoms with van der Waals surface area (Å²) in [7, 11) is 1.63. The van der Waals surface area contributed by atoms with Crippen LogP contribution < -0.4 is 15.4 Å². The number of anilines is 2. The number of amides is 1. The number of aromatic nitrogens is 4. The van der Waals surface area contributed by atoms with E-state index in [9.17, 15) is 4.79 Å². The second-order valence-electron chi connectivity index (χ2n) is 7.06. The second-order valence-corrected chi connectivity index (χ2v) is 7.06. The predicted molar refractivity (Wildman–Crippen MR) is 122 cm³/mol. The van der Waals surface area contributed by atoms with E-state index >= 15 is 0 Å². The number of carbonyl (C=O) groups is 1. The summed E-state index contributed by atoms with van der Waals surface area (Å²) in [5.41, 5.74) is 3.57. The molecule has 4 aromatic rings. The molecule has 0 radical (unpaired) electrons. The van der Waals surface area contributed by atoms with Crippen LogP contribution in [-0.4, -0.2) is 33.0 Å². The van der Waals surface area contributed by atoms with Crippen molar-refractivity contribution in [1.29, 1.82) is 0 Å². The third-order valence-corrected chi connectivity index (χ3v) is 4.80. The summed E-state index contributed by atoms with van der Waals surface area (Å²) in [5.74, 6) is 1.09. The van der Waals surface area contributed by atoms with Gasteiger partial charge in [0.25, 0.3) is 5.91 Å². The van der Waals surface area contributed by atoms with Crippen molar-refractivity contribution in [2.24, 2.45) is 0 Å². The highest BCUT2D eigenvalue weighted by molar-refractivity contribution is 6.02. The number of nitrogens with zero attached hydrogens (tertiary/aromatic N) is 4. The summed E-state index contributed by atoms with van der Waals surface area (Å²) in [6, 6.07) is 15.2. The van der Waals surface area contributed by atoms with Crippen molar-refractivity contribution < 1.29 is 9.53 Å².